The van der Waals surface area contributed by atoms with Crippen LogP contribution in [0.15, 0.2) is 29.2 Å². The summed E-state index contributed by atoms with van der Waals surface area (Å²) in [6.07, 6.45) is 9.19. The number of nitrogens with zero attached hydrogens (tertiary/aromatic N) is 2. The van der Waals surface area contributed by atoms with Crippen molar-refractivity contribution in [3.05, 3.63) is 46.0 Å². The fraction of sp³-hybridized carbons (Fsp3) is 0.385. The normalized spacial score (nSPS) is 19.2. The maximum absolute atomic E-state index is 12.0. The number of aromatic amines is 1. The van der Waals surface area contributed by atoms with E-state index >= 15 is 0 Å². The molecule has 4 heteroatoms. The average Bonchev–Trinajstić information content (AvgIpc) is 2.97. The van der Waals surface area contributed by atoms with Gasteiger partial charge in [-0.15, -0.1) is 0 Å². The van der Waals surface area contributed by atoms with Crippen molar-refractivity contribution < 1.29 is 0 Å². The molecule has 1 N–H and O–H groups in total. The predicted octanol–water partition coefficient (Wildman–Crippen LogP) is 2.02. The molecule has 2 heterocycles. The quantitative estimate of drug-likeness (QED) is 0.801. The van der Waals surface area contributed by atoms with Crippen LogP contribution in [0.25, 0.3) is 5.65 Å². The van der Waals surface area contributed by atoms with Crippen molar-refractivity contribution in [1.29, 1.82) is 0 Å². The van der Waals surface area contributed by atoms with Crippen molar-refractivity contribution in [2.24, 2.45) is 0 Å². The van der Waals surface area contributed by atoms with Crippen LogP contribution in [-0.4, -0.2) is 14.6 Å². The third-order valence-electron chi connectivity index (χ3n) is 3.37. The zero-order valence-electron chi connectivity index (χ0n) is 9.81. The molecule has 0 amide bonds. The van der Waals surface area contributed by atoms with Crippen LogP contribution < -0.4 is 5.56 Å². The van der Waals surface area contributed by atoms with Gasteiger partial charge >= 0.3 is 0 Å². The van der Waals surface area contributed by atoms with Crippen LogP contribution in [0.1, 0.15) is 36.9 Å². The molecule has 0 saturated heterocycles. The summed E-state index contributed by atoms with van der Waals surface area (Å²) in [6, 6.07) is 1.64. The number of allylic oxidation sites excluding steroid dienone is 2. The minimum Gasteiger partial charge on any atom is -0.297 e. The fourth-order valence-electron chi connectivity index (χ4n) is 2.38. The summed E-state index contributed by atoms with van der Waals surface area (Å²) in [5.74, 6) is 0.312. The highest BCUT2D eigenvalue weighted by atomic mass is 16.1. The monoisotopic (exact) mass is 229 g/mol. The van der Waals surface area contributed by atoms with Crippen molar-refractivity contribution in [3.63, 3.8) is 0 Å². The summed E-state index contributed by atoms with van der Waals surface area (Å²) in [4.78, 5) is 16.6. The van der Waals surface area contributed by atoms with Crippen molar-refractivity contribution in [2.75, 3.05) is 0 Å². The molecule has 0 spiro atoms. The number of H-pyrrole nitrogens is 1. The molecule has 1 unspecified atom stereocenters. The maximum atomic E-state index is 12.0. The third kappa shape index (κ3) is 1.60. The van der Waals surface area contributed by atoms with Crippen LogP contribution in [0.3, 0.4) is 0 Å². The zero-order valence-corrected chi connectivity index (χ0v) is 9.81. The van der Waals surface area contributed by atoms with E-state index in [2.05, 4.69) is 29.2 Å². The summed E-state index contributed by atoms with van der Waals surface area (Å²) in [5.41, 5.74) is 2.74. The summed E-state index contributed by atoms with van der Waals surface area (Å²) in [6.45, 7) is 2.07. The lowest BCUT2D eigenvalue weighted by molar-refractivity contribution is 0.760. The van der Waals surface area contributed by atoms with Crippen LogP contribution in [0.4, 0.5) is 0 Å². The molecule has 1 aliphatic carbocycles. The highest BCUT2D eigenvalue weighted by Crippen LogP contribution is 2.26. The first kappa shape index (κ1) is 10.3. The van der Waals surface area contributed by atoms with Crippen molar-refractivity contribution >= 4 is 5.65 Å². The van der Waals surface area contributed by atoms with Crippen LogP contribution in [0.2, 0.25) is 0 Å². The Labute approximate surface area is 99.0 Å². The Hall–Kier alpha value is -1.84. The molecule has 0 saturated carbocycles. The van der Waals surface area contributed by atoms with Crippen molar-refractivity contribution in [3.8, 4) is 0 Å². The molecule has 2 aromatic rings. The fourth-order valence-corrected chi connectivity index (χ4v) is 2.38. The van der Waals surface area contributed by atoms with Crippen LogP contribution in [0, 0.1) is 0 Å². The smallest absolute Gasteiger partial charge is 0.272 e. The number of hydrogen-bond donors (Lipinski definition) is 1. The Bertz CT molecular complexity index is 636. The molecule has 17 heavy (non-hydrogen) atoms. The molecular weight excluding hydrogens is 214 g/mol. The van der Waals surface area contributed by atoms with Gasteiger partial charge in [0.2, 0.25) is 0 Å². The number of hydrogen-bond acceptors (Lipinski definition) is 2. The first-order valence-corrected chi connectivity index (χ1v) is 6.06. The zero-order chi connectivity index (χ0) is 11.8. The molecular formula is C13H15N3O. The molecule has 1 atom stereocenters. The van der Waals surface area contributed by atoms with Crippen LogP contribution >= 0.6 is 0 Å². The molecule has 0 fully saturated rings. The van der Waals surface area contributed by atoms with E-state index in [0.29, 0.717) is 5.92 Å². The van der Waals surface area contributed by atoms with Gasteiger partial charge < -0.3 is 0 Å². The lowest BCUT2D eigenvalue weighted by atomic mass is 10.1. The molecule has 4 nitrogen and oxygen atoms in total. The summed E-state index contributed by atoms with van der Waals surface area (Å²) < 4.78 is 1.51. The molecule has 0 bridgehead atoms. The number of nitrogens with one attached hydrogen (secondary N) is 1. The van der Waals surface area contributed by atoms with Gasteiger partial charge in [0.15, 0.2) is 5.65 Å². The van der Waals surface area contributed by atoms with Gasteiger partial charge in [0.1, 0.15) is 0 Å². The minimum atomic E-state index is -0.0231. The summed E-state index contributed by atoms with van der Waals surface area (Å²) >= 11 is 0. The molecule has 2 aromatic heterocycles. The molecule has 0 aliphatic heterocycles. The number of fused-ring (bicyclic) bond motifs is 1. The van der Waals surface area contributed by atoms with E-state index in [4.69, 9.17) is 0 Å². The van der Waals surface area contributed by atoms with E-state index in [1.807, 2.05) is 6.20 Å². The van der Waals surface area contributed by atoms with E-state index in [-0.39, 0.29) is 5.56 Å². The second-order valence-corrected chi connectivity index (χ2v) is 4.44. The highest BCUT2D eigenvalue weighted by molar-refractivity contribution is 5.47. The van der Waals surface area contributed by atoms with E-state index in [1.54, 1.807) is 6.07 Å². The number of aryl methyl sites for hydroxylation is 1. The van der Waals surface area contributed by atoms with Gasteiger partial charge in [-0.25, -0.2) is 9.50 Å². The first-order valence-electron chi connectivity index (χ1n) is 6.06. The molecule has 0 radical (unpaired) electrons. The lowest BCUT2D eigenvalue weighted by Gasteiger charge is -2.06. The third-order valence-corrected chi connectivity index (χ3v) is 3.37. The van der Waals surface area contributed by atoms with E-state index in [9.17, 15) is 4.79 Å². The molecule has 1 aliphatic rings. The Kier molecular flexibility index (Phi) is 2.35. The SMILES string of the molecule is CCc1c[nH]n2c(=O)cc(C3C=CCC3)nc12. The van der Waals surface area contributed by atoms with E-state index in [0.717, 1.165) is 36.2 Å². The van der Waals surface area contributed by atoms with Gasteiger partial charge in [0, 0.05) is 23.7 Å². The predicted molar refractivity (Wildman–Crippen MR) is 66.3 cm³/mol. The minimum absolute atomic E-state index is 0.0231. The van der Waals surface area contributed by atoms with Crippen molar-refractivity contribution in [1.82, 2.24) is 14.6 Å². The molecule has 88 valence electrons. The summed E-state index contributed by atoms with van der Waals surface area (Å²) in [5, 5.41) is 2.95. The van der Waals surface area contributed by atoms with E-state index in [1.165, 1.54) is 4.52 Å². The summed E-state index contributed by atoms with van der Waals surface area (Å²) in [7, 11) is 0. The van der Waals surface area contributed by atoms with Gasteiger partial charge in [-0.2, -0.15) is 0 Å². The Balaban J connectivity index is 2.20. The van der Waals surface area contributed by atoms with Gasteiger partial charge in [-0.05, 0) is 19.3 Å². The number of aromatic nitrogens is 3. The highest BCUT2D eigenvalue weighted by Gasteiger charge is 2.16. The van der Waals surface area contributed by atoms with Crippen LogP contribution in [-0.2, 0) is 6.42 Å². The lowest BCUT2D eigenvalue weighted by Crippen LogP contribution is -2.16. The van der Waals surface area contributed by atoms with Gasteiger partial charge in [-0.1, -0.05) is 19.1 Å². The maximum Gasteiger partial charge on any atom is 0.272 e. The standard InChI is InChI=1S/C13H15N3O/c1-2-9-8-14-16-12(17)7-11(15-13(9)16)10-5-3-4-6-10/h3,5,7-8,10,14H,2,4,6H2,1H3. The van der Waals surface area contributed by atoms with E-state index < -0.39 is 0 Å². The Morgan fingerprint density at radius 3 is 3.18 bits per heavy atom. The Morgan fingerprint density at radius 2 is 2.47 bits per heavy atom. The Morgan fingerprint density at radius 1 is 1.59 bits per heavy atom. The van der Waals surface area contributed by atoms with Crippen LogP contribution in [0.5, 0.6) is 0 Å². The van der Waals surface area contributed by atoms with Gasteiger partial charge in [0.05, 0.1) is 5.69 Å². The second-order valence-electron chi connectivity index (χ2n) is 4.44. The second kappa shape index (κ2) is 3.87. The average molecular weight is 229 g/mol. The molecule has 3 rings (SSSR count). The first-order chi connectivity index (χ1) is 8.29. The number of rotatable bonds is 2. The largest absolute Gasteiger partial charge is 0.297 e. The van der Waals surface area contributed by atoms with Gasteiger partial charge in [0.25, 0.3) is 5.56 Å². The molecule has 0 aromatic carbocycles. The van der Waals surface area contributed by atoms with Crippen molar-refractivity contribution in [2.45, 2.75) is 32.1 Å². The topological polar surface area (TPSA) is 50.2 Å². The van der Waals surface area contributed by atoms with Gasteiger partial charge in [-0.3, -0.25) is 9.89 Å².